The van der Waals surface area contributed by atoms with E-state index < -0.39 is 0 Å². The summed E-state index contributed by atoms with van der Waals surface area (Å²) in [6, 6.07) is 1.95. The second-order valence-electron chi connectivity index (χ2n) is 4.82. The summed E-state index contributed by atoms with van der Waals surface area (Å²) < 4.78 is 5.13. The molecule has 18 heavy (non-hydrogen) atoms. The lowest BCUT2D eigenvalue weighted by Crippen LogP contribution is -2.52. The maximum atomic E-state index is 12.2. The molecule has 0 unspecified atom stereocenters. The largest absolute Gasteiger partial charge is 0.351 e. The molecule has 1 saturated heterocycles. The average Bonchev–Trinajstić information content (AvgIpc) is 2.78. The summed E-state index contributed by atoms with van der Waals surface area (Å²) in [7, 11) is 0. The zero-order valence-corrected chi connectivity index (χ0v) is 11.8. The minimum atomic E-state index is -0.0570. The SMILES string of the molecule is CC(C)c1cc(C(=O)N2CCNC[C@@H]2C)on1.Cl. The van der Waals surface area contributed by atoms with Crippen molar-refractivity contribution >= 4 is 18.3 Å². The Morgan fingerprint density at radius 1 is 1.61 bits per heavy atom. The van der Waals surface area contributed by atoms with Crippen molar-refractivity contribution in [3.05, 3.63) is 17.5 Å². The van der Waals surface area contributed by atoms with Crippen molar-refractivity contribution in [1.82, 2.24) is 15.4 Å². The lowest BCUT2D eigenvalue weighted by Gasteiger charge is -2.33. The first-order chi connectivity index (χ1) is 8.09. The molecule has 0 spiro atoms. The normalized spacial score (nSPS) is 19.8. The minimum absolute atomic E-state index is 0. The van der Waals surface area contributed by atoms with Crippen LogP contribution in [0.5, 0.6) is 0 Å². The van der Waals surface area contributed by atoms with Crippen LogP contribution >= 0.6 is 12.4 Å². The molecule has 1 aliphatic heterocycles. The Kier molecular flexibility index (Phi) is 5.16. The van der Waals surface area contributed by atoms with Crippen LogP contribution in [-0.4, -0.2) is 41.6 Å². The van der Waals surface area contributed by atoms with Gasteiger partial charge in [-0.2, -0.15) is 0 Å². The van der Waals surface area contributed by atoms with Gasteiger partial charge in [0, 0.05) is 31.7 Å². The summed E-state index contributed by atoms with van der Waals surface area (Å²) in [6.07, 6.45) is 0. The molecule has 102 valence electrons. The molecule has 1 aliphatic rings. The molecule has 0 aromatic carbocycles. The maximum Gasteiger partial charge on any atom is 0.292 e. The van der Waals surface area contributed by atoms with E-state index in [2.05, 4.69) is 10.5 Å². The number of aromatic nitrogens is 1. The number of halogens is 1. The molecule has 1 amide bonds. The van der Waals surface area contributed by atoms with Gasteiger partial charge in [-0.25, -0.2) is 0 Å². The Morgan fingerprint density at radius 3 is 2.89 bits per heavy atom. The van der Waals surface area contributed by atoms with Gasteiger partial charge in [0.1, 0.15) is 0 Å². The van der Waals surface area contributed by atoms with Crippen LogP contribution in [0, 0.1) is 0 Å². The zero-order valence-electron chi connectivity index (χ0n) is 11.0. The molecular weight excluding hydrogens is 254 g/mol. The summed E-state index contributed by atoms with van der Waals surface area (Å²) in [6.45, 7) is 8.47. The van der Waals surface area contributed by atoms with E-state index in [1.54, 1.807) is 6.07 Å². The fraction of sp³-hybridized carbons (Fsp3) is 0.667. The van der Waals surface area contributed by atoms with Crippen LogP contribution in [0.1, 0.15) is 42.9 Å². The van der Waals surface area contributed by atoms with Crippen LogP contribution in [0.15, 0.2) is 10.6 Å². The molecule has 6 heteroatoms. The van der Waals surface area contributed by atoms with E-state index in [1.807, 2.05) is 25.7 Å². The van der Waals surface area contributed by atoms with Crippen molar-refractivity contribution in [3.63, 3.8) is 0 Å². The summed E-state index contributed by atoms with van der Waals surface area (Å²) in [4.78, 5) is 14.0. The van der Waals surface area contributed by atoms with Crippen LogP contribution in [0.3, 0.4) is 0 Å². The monoisotopic (exact) mass is 273 g/mol. The number of nitrogens with zero attached hydrogens (tertiary/aromatic N) is 2. The standard InChI is InChI=1S/C12H19N3O2.ClH/c1-8(2)10-6-11(17-14-10)12(16)15-5-4-13-7-9(15)3;/h6,8-9,13H,4-5,7H2,1-3H3;1H/t9-;/m0./s1. The Balaban J connectivity index is 0.00000162. The van der Waals surface area contributed by atoms with Crippen LogP contribution in [-0.2, 0) is 0 Å². The highest BCUT2D eigenvalue weighted by atomic mass is 35.5. The number of nitrogens with one attached hydrogen (secondary N) is 1. The lowest BCUT2D eigenvalue weighted by molar-refractivity contribution is 0.0613. The van der Waals surface area contributed by atoms with E-state index in [-0.39, 0.29) is 30.3 Å². The highest BCUT2D eigenvalue weighted by molar-refractivity contribution is 5.91. The fourth-order valence-corrected chi connectivity index (χ4v) is 1.95. The first kappa shape index (κ1) is 15.0. The van der Waals surface area contributed by atoms with Crippen molar-refractivity contribution < 1.29 is 9.32 Å². The van der Waals surface area contributed by atoms with Crippen molar-refractivity contribution in [2.75, 3.05) is 19.6 Å². The van der Waals surface area contributed by atoms with Crippen molar-refractivity contribution in [2.24, 2.45) is 0 Å². The van der Waals surface area contributed by atoms with Gasteiger partial charge < -0.3 is 14.7 Å². The van der Waals surface area contributed by atoms with E-state index in [0.717, 1.165) is 25.3 Å². The Morgan fingerprint density at radius 2 is 2.33 bits per heavy atom. The summed E-state index contributed by atoms with van der Waals surface area (Å²) in [5.41, 5.74) is 0.830. The van der Waals surface area contributed by atoms with Gasteiger partial charge in [0.25, 0.3) is 5.91 Å². The molecule has 1 fully saturated rings. The van der Waals surface area contributed by atoms with E-state index in [9.17, 15) is 4.79 Å². The molecular formula is C12H20ClN3O2. The van der Waals surface area contributed by atoms with Gasteiger partial charge in [-0.3, -0.25) is 4.79 Å². The molecule has 2 heterocycles. The average molecular weight is 274 g/mol. The van der Waals surface area contributed by atoms with E-state index in [0.29, 0.717) is 5.76 Å². The smallest absolute Gasteiger partial charge is 0.292 e. The molecule has 0 aliphatic carbocycles. The lowest BCUT2D eigenvalue weighted by atomic mass is 10.1. The Bertz CT molecular complexity index is 406. The van der Waals surface area contributed by atoms with Crippen molar-refractivity contribution in [3.8, 4) is 0 Å². The molecule has 1 atom stereocenters. The molecule has 2 rings (SSSR count). The highest BCUT2D eigenvalue weighted by Crippen LogP contribution is 2.16. The van der Waals surface area contributed by atoms with Crippen LogP contribution in [0.2, 0.25) is 0 Å². The molecule has 1 aromatic rings. The van der Waals surface area contributed by atoms with Gasteiger partial charge in [-0.05, 0) is 12.8 Å². The number of carbonyl (C=O) groups excluding carboxylic acids is 1. The number of rotatable bonds is 2. The summed E-state index contributed by atoms with van der Waals surface area (Å²) in [5, 5.41) is 7.17. The van der Waals surface area contributed by atoms with Crippen LogP contribution in [0.4, 0.5) is 0 Å². The summed E-state index contributed by atoms with van der Waals surface area (Å²) in [5.74, 6) is 0.571. The van der Waals surface area contributed by atoms with E-state index in [4.69, 9.17) is 4.52 Å². The number of carbonyl (C=O) groups is 1. The number of amides is 1. The second-order valence-corrected chi connectivity index (χ2v) is 4.82. The first-order valence-corrected chi connectivity index (χ1v) is 6.08. The number of hydrogen-bond donors (Lipinski definition) is 1. The van der Waals surface area contributed by atoms with Gasteiger partial charge in [-0.1, -0.05) is 19.0 Å². The van der Waals surface area contributed by atoms with E-state index in [1.165, 1.54) is 0 Å². The third-order valence-electron chi connectivity index (χ3n) is 3.09. The van der Waals surface area contributed by atoms with Crippen LogP contribution in [0.25, 0.3) is 0 Å². The predicted molar refractivity (Wildman–Crippen MR) is 71.2 cm³/mol. The van der Waals surface area contributed by atoms with Crippen molar-refractivity contribution in [1.29, 1.82) is 0 Å². The van der Waals surface area contributed by atoms with Crippen LogP contribution < -0.4 is 5.32 Å². The molecule has 1 aromatic heterocycles. The van der Waals surface area contributed by atoms with Gasteiger partial charge in [0.15, 0.2) is 0 Å². The summed E-state index contributed by atoms with van der Waals surface area (Å²) >= 11 is 0. The number of hydrogen-bond acceptors (Lipinski definition) is 4. The Hall–Kier alpha value is -1.07. The molecule has 0 radical (unpaired) electrons. The topological polar surface area (TPSA) is 58.4 Å². The predicted octanol–water partition coefficient (Wildman–Crippen LogP) is 1.65. The highest BCUT2D eigenvalue weighted by Gasteiger charge is 2.27. The molecule has 0 bridgehead atoms. The molecule has 1 N–H and O–H groups in total. The van der Waals surface area contributed by atoms with E-state index >= 15 is 0 Å². The fourth-order valence-electron chi connectivity index (χ4n) is 1.95. The van der Waals surface area contributed by atoms with Gasteiger partial charge in [-0.15, -0.1) is 12.4 Å². The third-order valence-corrected chi connectivity index (χ3v) is 3.09. The Labute approximate surface area is 113 Å². The molecule has 5 nitrogen and oxygen atoms in total. The van der Waals surface area contributed by atoms with Crippen molar-refractivity contribution in [2.45, 2.75) is 32.7 Å². The van der Waals surface area contributed by atoms with Gasteiger partial charge in [0.2, 0.25) is 5.76 Å². The first-order valence-electron chi connectivity index (χ1n) is 6.08. The third kappa shape index (κ3) is 3.03. The van der Waals surface area contributed by atoms with Gasteiger partial charge >= 0.3 is 0 Å². The van der Waals surface area contributed by atoms with Gasteiger partial charge in [0.05, 0.1) is 5.69 Å². The quantitative estimate of drug-likeness (QED) is 0.890. The molecule has 0 saturated carbocycles. The zero-order chi connectivity index (χ0) is 12.4. The minimum Gasteiger partial charge on any atom is -0.351 e. The number of piperazine rings is 1. The second kappa shape index (κ2) is 6.20. The maximum absolute atomic E-state index is 12.2.